The fourth-order valence-electron chi connectivity index (χ4n) is 4.06. The fraction of sp³-hybridized carbons (Fsp3) is 0.522. The van der Waals surface area contributed by atoms with Gasteiger partial charge in [0.15, 0.2) is 11.5 Å². The molecule has 0 aliphatic carbocycles. The molecular formula is C23H32N2O3S. The molecule has 29 heavy (non-hydrogen) atoms. The van der Waals surface area contributed by atoms with E-state index in [0.29, 0.717) is 11.5 Å². The fourth-order valence-corrected chi connectivity index (χ4v) is 5.03. The van der Waals surface area contributed by atoms with Crippen molar-refractivity contribution in [3.8, 4) is 11.5 Å². The molecule has 0 fully saturated rings. The van der Waals surface area contributed by atoms with Gasteiger partial charge in [0.1, 0.15) is 0 Å². The van der Waals surface area contributed by atoms with Gasteiger partial charge in [-0.15, -0.1) is 11.3 Å². The van der Waals surface area contributed by atoms with Crippen LogP contribution in [-0.4, -0.2) is 63.2 Å². The van der Waals surface area contributed by atoms with Crippen LogP contribution in [0.3, 0.4) is 0 Å². The number of thiophene rings is 1. The van der Waals surface area contributed by atoms with Crippen LogP contribution in [0.15, 0.2) is 18.2 Å². The van der Waals surface area contributed by atoms with Gasteiger partial charge < -0.3 is 19.3 Å². The van der Waals surface area contributed by atoms with Crippen molar-refractivity contribution >= 4 is 17.2 Å². The Morgan fingerprint density at radius 3 is 2.62 bits per heavy atom. The number of aryl methyl sites for hydroxylation is 2. The van der Waals surface area contributed by atoms with Gasteiger partial charge in [-0.25, -0.2) is 0 Å². The molecule has 0 saturated heterocycles. The second-order valence-electron chi connectivity index (χ2n) is 7.71. The van der Waals surface area contributed by atoms with E-state index in [1.54, 1.807) is 14.2 Å². The Labute approximate surface area is 178 Å². The average Bonchev–Trinajstić information content (AvgIpc) is 3.04. The predicted molar refractivity (Wildman–Crippen MR) is 119 cm³/mol. The number of likely N-dealkylation sites (N-methyl/N-ethyl adjacent to an activating group) is 1. The molecule has 0 atom stereocenters. The number of ether oxygens (including phenoxy) is 2. The third-order valence-electron chi connectivity index (χ3n) is 5.67. The number of amides is 1. The zero-order chi connectivity index (χ0) is 21.0. The quantitative estimate of drug-likeness (QED) is 0.621. The first-order valence-electron chi connectivity index (χ1n) is 10.2. The van der Waals surface area contributed by atoms with Gasteiger partial charge in [-0.2, -0.15) is 0 Å². The summed E-state index contributed by atoms with van der Waals surface area (Å²) in [5.41, 5.74) is 3.17. The Bertz CT molecular complexity index is 862. The van der Waals surface area contributed by atoms with Gasteiger partial charge in [0.2, 0.25) is 0 Å². The minimum Gasteiger partial charge on any atom is -0.493 e. The minimum atomic E-state index is 0.0965. The molecule has 0 spiro atoms. The van der Waals surface area contributed by atoms with Gasteiger partial charge in [0, 0.05) is 40.5 Å². The van der Waals surface area contributed by atoms with Crippen LogP contribution in [0.4, 0.5) is 0 Å². The average molecular weight is 417 g/mol. The molecule has 6 heteroatoms. The summed E-state index contributed by atoms with van der Waals surface area (Å²) in [5.74, 6) is 1.47. The number of carbonyl (C=O) groups is 1. The third kappa shape index (κ3) is 4.93. The van der Waals surface area contributed by atoms with E-state index in [0.717, 1.165) is 56.6 Å². The van der Waals surface area contributed by atoms with Crippen LogP contribution < -0.4 is 9.47 Å². The zero-order valence-corrected chi connectivity index (χ0v) is 19.0. The lowest BCUT2D eigenvalue weighted by Gasteiger charge is -2.30. The highest BCUT2D eigenvalue weighted by Gasteiger charge is 2.28. The molecule has 0 saturated carbocycles. The molecule has 1 amide bonds. The van der Waals surface area contributed by atoms with Gasteiger partial charge >= 0.3 is 0 Å². The molecule has 5 nitrogen and oxygen atoms in total. The lowest BCUT2D eigenvalue weighted by atomic mass is 9.97. The van der Waals surface area contributed by atoms with E-state index in [1.165, 1.54) is 15.3 Å². The predicted octanol–water partition coefficient (Wildman–Crippen LogP) is 3.95. The lowest BCUT2D eigenvalue weighted by molar-refractivity contribution is 0.0731. The Hall–Kier alpha value is -2.05. The standard InChI is InChI=1S/C23H32N2O3S/c1-16-15-18(17(2)29-16)9-13-24(3)11-6-12-25-14-10-19-20(23(25)26)7-8-21(27-4)22(19)28-5/h7-8,15H,6,9-14H2,1-5H3. The molecule has 3 rings (SSSR count). The van der Waals surface area contributed by atoms with Crippen molar-refractivity contribution in [2.75, 3.05) is 47.4 Å². The summed E-state index contributed by atoms with van der Waals surface area (Å²) in [5, 5.41) is 0. The largest absolute Gasteiger partial charge is 0.493 e. The molecule has 1 aliphatic rings. The summed E-state index contributed by atoms with van der Waals surface area (Å²) in [4.78, 5) is 20.1. The highest BCUT2D eigenvalue weighted by molar-refractivity contribution is 7.12. The number of benzene rings is 1. The van der Waals surface area contributed by atoms with Crippen molar-refractivity contribution in [2.45, 2.75) is 33.1 Å². The minimum absolute atomic E-state index is 0.0965. The summed E-state index contributed by atoms with van der Waals surface area (Å²) < 4.78 is 10.9. The highest BCUT2D eigenvalue weighted by atomic mass is 32.1. The third-order valence-corrected chi connectivity index (χ3v) is 6.68. The monoisotopic (exact) mass is 416 g/mol. The van der Waals surface area contributed by atoms with E-state index in [-0.39, 0.29) is 5.91 Å². The molecule has 2 aromatic rings. The maximum Gasteiger partial charge on any atom is 0.254 e. The maximum absolute atomic E-state index is 12.9. The molecule has 1 aliphatic heterocycles. The molecule has 0 radical (unpaired) electrons. The Morgan fingerprint density at radius 1 is 1.17 bits per heavy atom. The van der Waals surface area contributed by atoms with Crippen molar-refractivity contribution in [1.82, 2.24) is 9.80 Å². The molecule has 2 heterocycles. The number of fused-ring (bicyclic) bond motifs is 1. The smallest absolute Gasteiger partial charge is 0.254 e. The van der Waals surface area contributed by atoms with Crippen LogP contribution in [0, 0.1) is 13.8 Å². The Kier molecular flexibility index (Phi) is 7.19. The second-order valence-corrected chi connectivity index (χ2v) is 9.18. The normalized spacial score (nSPS) is 13.7. The maximum atomic E-state index is 12.9. The topological polar surface area (TPSA) is 42.0 Å². The van der Waals surface area contributed by atoms with Gasteiger partial charge in [0.25, 0.3) is 5.91 Å². The first-order chi connectivity index (χ1) is 13.9. The lowest BCUT2D eigenvalue weighted by Crippen LogP contribution is -2.39. The zero-order valence-electron chi connectivity index (χ0n) is 18.2. The van der Waals surface area contributed by atoms with E-state index in [4.69, 9.17) is 9.47 Å². The number of hydrogen-bond acceptors (Lipinski definition) is 5. The van der Waals surface area contributed by atoms with E-state index in [9.17, 15) is 4.79 Å². The summed E-state index contributed by atoms with van der Waals surface area (Å²) in [7, 11) is 5.42. The van der Waals surface area contributed by atoms with Gasteiger partial charge in [0.05, 0.1) is 14.2 Å². The van der Waals surface area contributed by atoms with E-state index >= 15 is 0 Å². The van der Waals surface area contributed by atoms with Gasteiger partial charge in [-0.3, -0.25) is 4.79 Å². The Morgan fingerprint density at radius 2 is 1.97 bits per heavy atom. The Balaban J connectivity index is 1.50. The van der Waals surface area contributed by atoms with Crippen LogP contribution in [0.25, 0.3) is 0 Å². The molecule has 0 bridgehead atoms. The first-order valence-corrected chi connectivity index (χ1v) is 11.0. The molecule has 1 aromatic heterocycles. The van der Waals surface area contributed by atoms with Crippen molar-refractivity contribution < 1.29 is 14.3 Å². The molecule has 0 unspecified atom stereocenters. The van der Waals surface area contributed by atoms with E-state index in [1.807, 2.05) is 28.4 Å². The number of nitrogens with zero attached hydrogens (tertiary/aromatic N) is 2. The summed E-state index contributed by atoms with van der Waals surface area (Å²) >= 11 is 1.88. The molecule has 0 N–H and O–H groups in total. The van der Waals surface area contributed by atoms with Crippen LogP contribution in [-0.2, 0) is 12.8 Å². The number of carbonyl (C=O) groups excluding carboxylic acids is 1. The van der Waals surface area contributed by atoms with Crippen LogP contribution in [0.2, 0.25) is 0 Å². The number of rotatable bonds is 9. The van der Waals surface area contributed by atoms with Crippen molar-refractivity contribution in [3.05, 3.63) is 44.6 Å². The molecule has 158 valence electrons. The van der Waals surface area contributed by atoms with Crippen LogP contribution >= 0.6 is 11.3 Å². The number of hydrogen-bond donors (Lipinski definition) is 0. The summed E-state index contributed by atoms with van der Waals surface area (Å²) in [6.07, 6.45) is 2.87. The molecule has 1 aromatic carbocycles. The SMILES string of the molecule is COc1ccc2c(c1OC)CCN(CCCN(C)CCc1cc(C)sc1C)C2=O. The first kappa shape index (κ1) is 21.7. The number of methoxy groups -OCH3 is 2. The highest BCUT2D eigenvalue weighted by Crippen LogP contribution is 2.36. The second kappa shape index (κ2) is 9.63. The van der Waals surface area contributed by atoms with Crippen molar-refractivity contribution in [3.63, 3.8) is 0 Å². The summed E-state index contributed by atoms with van der Waals surface area (Å²) in [6, 6.07) is 5.99. The van der Waals surface area contributed by atoms with Gasteiger partial charge in [-0.1, -0.05) is 0 Å². The summed E-state index contributed by atoms with van der Waals surface area (Å²) in [6.45, 7) is 7.93. The van der Waals surface area contributed by atoms with E-state index < -0.39 is 0 Å². The van der Waals surface area contributed by atoms with E-state index in [2.05, 4.69) is 31.9 Å². The van der Waals surface area contributed by atoms with Crippen molar-refractivity contribution in [1.29, 1.82) is 0 Å². The van der Waals surface area contributed by atoms with Crippen LogP contribution in [0.1, 0.15) is 37.7 Å². The van der Waals surface area contributed by atoms with Crippen molar-refractivity contribution in [2.24, 2.45) is 0 Å². The van der Waals surface area contributed by atoms with Gasteiger partial charge in [-0.05, 0) is 70.5 Å². The molecular weight excluding hydrogens is 384 g/mol. The van der Waals surface area contributed by atoms with Crippen LogP contribution in [0.5, 0.6) is 11.5 Å².